The van der Waals surface area contributed by atoms with Crippen LogP contribution in [0.1, 0.15) is 27.6 Å². The molecule has 1 unspecified atom stereocenters. The molecule has 3 rings (SSSR count). The Balaban J connectivity index is 2.01. The van der Waals surface area contributed by atoms with Gasteiger partial charge < -0.3 is 14.6 Å². The minimum atomic E-state index is -1.04. The largest absolute Gasteiger partial charge is 0.480 e. The number of aryl methyl sites for hydroxylation is 2. The summed E-state index contributed by atoms with van der Waals surface area (Å²) in [6.45, 7) is 3.88. The number of hydrogen-bond acceptors (Lipinski definition) is 4. The quantitative estimate of drug-likeness (QED) is 0.859. The molecular formula is C15H15BrN4O3. The van der Waals surface area contributed by atoms with Crippen molar-refractivity contribution in [2.24, 2.45) is 0 Å². The lowest BCUT2D eigenvalue weighted by molar-refractivity contribution is -0.143. The second-order valence-electron chi connectivity index (χ2n) is 5.52. The van der Waals surface area contributed by atoms with Crippen molar-refractivity contribution in [3.63, 3.8) is 0 Å². The van der Waals surface area contributed by atoms with E-state index in [1.807, 2.05) is 19.1 Å². The molecule has 1 atom stereocenters. The van der Waals surface area contributed by atoms with Crippen molar-refractivity contribution in [1.82, 2.24) is 19.7 Å². The highest BCUT2D eigenvalue weighted by Crippen LogP contribution is 2.23. The highest BCUT2D eigenvalue weighted by Gasteiger charge is 2.37. The number of aromatic nitrogens is 3. The van der Waals surface area contributed by atoms with Crippen molar-refractivity contribution in [3.8, 4) is 0 Å². The summed E-state index contributed by atoms with van der Waals surface area (Å²) < 4.78 is 2.52. The monoisotopic (exact) mass is 378 g/mol. The van der Waals surface area contributed by atoms with E-state index in [0.29, 0.717) is 17.2 Å². The fraction of sp³-hybridized carbons (Fsp3) is 0.333. The summed E-state index contributed by atoms with van der Waals surface area (Å²) in [5.41, 5.74) is 1.28. The summed E-state index contributed by atoms with van der Waals surface area (Å²) in [6.07, 6.45) is 0. The number of rotatable bonds is 2. The molecule has 2 aromatic rings. The van der Waals surface area contributed by atoms with Gasteiger partial charge in [-0.15, -0.1) is 10.2 Å². The number of fused-ring (bicyclic) bond motifs is 1. The molecule has 2 heterocycles. The predicted molar refractivity (Wildman–Crippen MR) is 84.9 cm³/mol. The number of hydrogen-bond donors (Lipinski definition) is 1. The van der Waals surface area contributed by atoms with E-state index in [0.717, 1.165) is 10.0 Å². The highest BCUT2D eigenvalue weighted by molar-refractivity contribution is 9.10. The van der Waals surface area contributed by atoms with E-state index >= 15 is 0 Å². The molecule has 1 aromatic carbocycles. The number of carbonyl (C=O) groups excluding carboxylic acids is 1. The van der Waals surface area contributed by atoms with Gasteiger partial charge in [-0.1, -0.05) is 22.0 Å². The van der Waals surface area contributed by atoms with Crippen LogP contribution in [0.25, 0.3) is 0 Å². The third-order valence-electron chi connectivity index (χ3n) is 4.03. The Morgan fingerprint density at radius 3 is 2.74 bits per heavy atom. The third kappa shape index (κ3) is 2.74. The number of carboxylic acid groups (broad SMARTS) is 1. The van der Waals surface area contributed by atoms with E-state index in [1.165, 1.54) is 4.90 Å². The smallest absolute Gasteiger partial charge is 0.328 e. The highest BCUT2D eigenvalue weighted by atomic mass is 79.9. The SMILES string of the molecule is Cc1ccc(Br)cc1C(=O)N1Cc2nnc(C)n2CC1C(=O)O. The number of nitrogens with zero attached hydrogens (tertiary/aromatic N) is 4. The fourth-order valence-electron chi connectivity index (χ4n) is 2.72. The minimum absolute atomic E-state index is 0.128. The van der Waals surface area contributed by atoms with E-state index in [9.17, 15) is 14.7 Å². The first kappa shape index (κ1) is 15.7. The zero-order valence-electron chi connectivity index (χ0n) is 12.7. The van der Waals surface area contributed by atoms with Crippen molar-refractivity contribution in [2.75, 3.05) is 0 Å². The molecule has 8 heteroatoms. The Morgan fingerprint density at radius 2 is 2.04 bits per heavy atom. The second kappa shape index (κ2) is 5.77. The van der Waals surface area contributed by atoms with Gasteiger partial charge in [-0.25, -0.2) is 4.79 Å². The second-order valence-corrected chi connectivity index (χ2v) is 6.44. The number of carboxylic acids is 1. The zero-order valence-corrected chi connectivity index (χ0v) is 14.2. The molecule has 1 aromatic heterocycles. The van der Waals surface area contributed by atoms with Crippen LogP contribution in [0.15, 0.2) is 22.7 Å². The average Bonchev–Trinajstić information content (AvgIpc) is 2.88. The van der Waals surface area contributed by atoms with Gasteiger partial charge in [-0.3, -0.25) is 4.79 Å². The van der Waals surface area contributed by atoms with Crippen LogP contribution in [0.3, 0.4) is 0 Å². The molecule has 0 saturated heterocycles. The Labute approximate surface area is 141 Å². The molecule has 0 aliphatic carbocycles. The Bertz CT molecular complexity index is 802. The van der Waals surface area contributed by atoms with Crippen LogP contribution < -0.4 is 0 Å². The lowest BCUT2D eigenvalue weighted by atomic mass is 10.1. The number of aliphatic carboxylic acids is 1. The van der Waals surface area contributed by atoms with Gasteiger partial charge in [0.25, 0.3) is 5.91 Å². The summed E-state index contributed by atoms with van der Waals surface area (Å²) in [4.78, 5) is 25.9. The Kier molecular flexibility index (Phi) is 3.93. The maximum Gasteiger partial charge on any atom is 0.328 e. The van der Waals surface area contributed by atoms with Gasteiger partial charge in [0.2, 0.25) is 0 Å². The predicted octanol–water partition coefficient (Wildman–Crippen LogP) is 1.77. The molecule has 1 amide bonds. The lowest BCUT2D eigenvalue weighted by Crippen LogP contribution is -2.50. The van der Waals surface area contributed by atoms with Crippen LogP contribution in [0.5, 0.6) is 0 Å². The lowest BCUT2D eigenvalue weighted by Gasteiger charge is -2.33. The van der Waals surface area contributed by atoms with Gasteiger partial charge in [0.05, 0.1) is 13.1 Å². The van der Waals surface area contributed by atoms with E-state index in [2.05, 4.69) is 26.1 Å². The molecule has 0 radical (unpaired) electrons. The van der Waals surface area contributed by atoms with Crippen LogP contribution in [-0.2, 0) is 17.9 Å². The summed E-state index contributed by atoms with van der Waals surface area (Å²) in [5.74, 6) is -0.106. The summed E-state index contributed by atoms with van der Waals surface area (Å²) in [6, 6.07) is 4.44. The van der Waals surface area contributed by atoms with Crippen molar-refractivity contribution in [2.45, 2.75) is 33.0 Å². The summed E-state index contributed by atoms with van der Waals surface area (Å²) >= 11 is 3.35. The van der Waals surface area contributed by atoms with E-state index < -0.39 is 12.0 Å². The van der Waals surface area contributed by atoms with Gasteiger partial charge >= 0.3 is 5.97 Å². The molecule has 0 bridgehead atoms. The maximum absolute atomic E-state index is 12.9. The standard InChI is InChI=1S/C15H15BrN4O3/c1-8-3-4-10(16)5-11(8)14(21)20-7-13-18-17-9(2)19(13)6-12(20)15(22)23/h3-5,12H,6-7H2,1-2H3,(H,22,23). The molecule has 1 aliphatic rings. The molecule has 23 heavy (non-hydrogen) atoms. The topological polar surface area (TPSA) is 88.3 Å². The molecule has 7 nitrogen and oxygen atoms in total. The van der Waals surface area contributed by atoms with Crippen LogP contribution in [-0.4, -0.2) is 42.7 Å². The summed E-state index contributed by atoms with van der Waals surface area (Å²) in [5, 5.41) is 17.5. The Morgan fingerprint density at radius 1 is 1.30 bits per heavy atom. The zero-order chi connectivity index (χ0) is 16.7. The maximum atomic E-state index is 12.9. The first-order valence-corrected chi connectivity index (χ1v) is 7.86. The van der Waals surface area contributed by atoms with E-state index in [4.69, 9.17) is 0 Å². The molecule has 1 aliphatic heterocycles. The summed E-state index contributed by atoms with van der Waals surface area (Å²) in [7, 11) is 0. The van der Waals surface area contributed by atoms with Crippen molar-refractivity contribution < 1.29 is 14.7 Å². The van der Waals surface area contributed by atoms with Crippen molar-refractivity contribution >= 4 is 27.8 Å². The number of carbonyl (C=O) groups is 2. The fourth-order valence-corrected chi connectivity index (χ4v) is 3.08. The van der Waals surface area contributed by atoms with Gasteiger partial charge in [-0.05, 0) is 31.5 Å². The first-order chi connectivity index (χ1) is 10.9. The van der Waals surface area contributed by atoms with E-state index in [-0.39, 0.29) is 19.0 Å². The molecular weight excluding hydrogens is 364 g/mol. The van der Waals surface area contributed by atoms with Crippen LogP contribution in [0.4, 0.5) is 0 Å². The van der Waals surface area contributed by atoms with Crippen LogP contribution in [0, 0.1) is 13.8 Å². The van der Waals surface area contributed by atoms with Crippen molar-refractivity contribution in [3.05, 3.63) is 45.4 Å². The first-order valence-electron chi connectivity index (χ1n) is 7.07. The van der Waals surface area contributed by atoms with Crippen LogP contribution in [0.2, 0.25) is 0 Å². The number of halogens is 1. The van der Waals surface area contributed by atoms with Gasteiger partial charge in [0, 0.05) is 10.0 Å². The van der Waals surface area contributed by atoms with Gasteiger partial charge in [-0.2, -0.15) is 0 Å². The minimum Gasteiger partial charge on any atom is -0.480 e. The van der Waals surface area contributed by atoms with Gasteiger partial charge in [0.1, 0.15) is 11.9 Å². The molecule has 1 N–H and O–H groups in total. The normalized spacial score (nSPS) is 17.0. The number of amides is 1. The van der Waals surface area contributed by atoms with Crippen molar-refractivity contribution in [1.29, 1.82) is 0 Å². The third-order valence-corrected chi connectivity index (χ3v) is 4.53. The molecule has 0 fully saturated rings. The Hall–Kier alpha value is -2.22. The molecule has 0 saturated carbocycles. The van der Waals surface area contributed by atoms with E-state index in [1.54, 1.807) is 17.6 Å². The van der Waals surface area contributed by atoms with Gasteiger partial charge in [0.15, 0.2) is 5.82 Å². The molecule has 120 valence electrons. The van der Waals surface area contributed by atoms with Crippen LogP contribution >= 0.6 is 15.9 Å². The average molecular weight is 379 g/mol. The number of benzene rings is 1. The molecule has 0 spiro atoms.